The SMILES string of the molecule is NC(=O)CNC(=O)c1ccc(-c2ccc(CO)s2)nc1NCCc1cccc(F)c1. The highest BCUT2D eigenvalue weighted by Gasteiger charge is 2.15. The fraction of sp³-hybridized carbons (Fsp3) is 0.190. The Morgan fingerprint density at radius 2 is 2.00 bits per heavy atom. The molecule has 0 aliphatic carbocycles. The molecule has 30 heavy (non-hydrogen) atoms. The van der Waals surface area contributed by atoms with Crippen molar-refractivity contribution >= 4 is 29.0 Å². The second-order valence-corrected chi connectivity index (χ2v) is 7.64. The molecule has 0 saturated heterocycles. The number of carbonyl (C=O) groups is 2. The third-order valence-electron chi connectivity index (χ3n) is 4.23. The Morgan fingerprint density at radius 3 is 2.70 bits per heavy atom. The van der Waals surface area contributed by atoms with E-state index in [1.165, 1.54) is 23.5 Å². The van der Waals surface area contributed by atoms with Crippen LogP contribution in [0.5, 0.6) is 0 Å². The highest BCUT2D eigenvalue weighted by atomic mass is 32.1. The lowest BCUT2D eigenvalue weighted by Gasteiger charge is -2.12. The highest BCUT2D eigenvalue weighted by molar-refractivity contribution is 7.15. The van der Waals surface area contributed by atoms with Crippen LogP contribution >= 0.6 is 11.3 Å². The first-order chi connectivity index (χ1) is 14.5. The number of anilines is 1. The first-order valence-electron chi connectivity index (χ1n) is 9.22. The van der Waals surface area contributed by atoms with Gasteiger partial charge in [0, 0.05) is 11.4 Å². The van der Waals surface area contributed by atoms with E-state index in [1.54, 1.807) is 18.2 Å². The Kier molecular flexibility index (Phi) is 7.10. The van der Waals surface area contributed by atoms with Gasteiger partial charge in [0.2, 0.25) is 5.91 Å². The van der Waals surface area contributed by atoms with Gasteiger partial charge in [0.15, 0.2) is 0 Å². The molecule has 7 nitrogen and oxygen atoms in total. The first-order valence-corrected chi connectivity index (χ1v) is 10.0. The monoisotopic (exact) mass is 428 g/mol. The molecule has 3 rings (SSSR count). The van der Waals surface area contributed by atoms with E-state index in [1.807, 2.05) is 18.2 Å². The molecule has 0 spiro atoms. The number of halogens is 1. The van der Waals surface area contributed by atoms with Crippen LogP contribution in [0.3, 0.4) is 0 Å². The van der Waals surface area contributed by atoms with Crippen LogP contribution < -0.4 is 16.4 Å². The number of nitrogens with two attached hydrogens (primary N) is 1. The van der Waals surface area contributed by atoms with E-state index in [0.717, 1.165) is 15.3 Å². The largest absolute Gasteiger partial charge is 0.391 e. The maximum Gasteiger partial charge on any atom is 0.255 e. The summed E-state index contributed by atoms with van der Waals surface area (Å²) < 4.78 is 13.4. The van der Waals surface area contributed by atoms with Crippen molar-refractivity contribution in [1.82, 2.24) is 10.3 Å². The third-order valence-corrected chi connectivity index (χ3v) is 5.32. The number of amides is 2. The number of hydrogen-bond acceptors (Lipinski definition) is 6. The van der Waals surface area contributed by atoms with Crippen molar-refractivity contribution in [3.63, 3.8) is 0 Å². The maximum atomic E-state index is 13.4. The minimum Gasteiger partial charge on any atom is -0.391 e. The molecule has 2 heterocycles. The number of hydrogen-bond donors (Lipinski definition) is 4. The van der Waals surface area contributed by atoms with Gasteiger partial charge < -0.3 is 21.5 Å². The molecule has 0 unspecified atom stereocenters. The van der Waals surface area contributed by atoms with Crippen molar-refractivity contribution in [2.75, 3.05) is 18.4 Å². The number of aliphatic hydroxyl groups is 1. The van der Waals surface area contributed by atoms with Gasteiger partial charge in [-0.1, -0.05) is 12.1 Å². The lowest BCUT2D eigenvalue weighted by molar-refractivity contribution is -0.117. The molecule has 0 saturated carbocycles. The number of nitrogens with one attached hydrogen (secondary N) is 2. The average molecular weight is 428 g/mol. The summed E-state index contributed by atoms with van der Waals surface area (Å²) in [5.74, 6) is -1.10. The van der Waals surface area contributed by atoms with E-state index in [0.29, 0.717) is 24.5 Å². The first kappa shape index (κ1) is 21.4. The predicted molar refractivity (Wildman–Crippen MR) is 114 cm³/mol. The van der Waals surface area contributed by atoms with E-state index < -0.39 is 11.8 Å². The van der Waals surface area contributed by atoms with Crippen LogP contribution in [0, 0.1) is 5.82 Å². The number of aliphatic hydroxyl groups excluding tert-OH is 1. The van der Waals surface area contributed by atoms with Crippen molar-refractivity contribution < 1.29 is 19.1 Å². The van der Waals surface area contributed by atoms with Gasteiger partial charge >= 0.3 is 0 Å². The molecule has 1 aromatic carbocycles. The Bertz CT molecular complexity index is 1050. The zero-order valence-electron chi connectivity index (χ0n) is 16.0. The topological polar surface area (TPSA) is 117 Å². The summed E-state index contributed by atoms with van der Waals surface area (Å²) in [7, 11) is 0. The van der Waals surface area contributed by atoms with E-state index in [-0.39, 0.29) is 24.5 Å². The number of carbonyl (C=O) groups excluding carboxylic acids is 2. The molecule has 156 valence electrons. The number of thiophene rings is 1. The number of rotatable bonds is 9. The molecule has 0 aliphatic heterocycles. The molecule has 9 heteroatoms. The number of benzene rings is 1. The molecular formula is C21H21FN4O3S. The highest BCUT2D eigenvalue weighted by Crippen LogP contribution is 2.28. The third kappa shape index (κ3) is 5.62. The average Bonchev–Trinajstić information content (AvgIpc) is 3.21. The van der Waals surface area contributed by atoms with Gasteiger partial charge in [-0.15, -0.1) is 11.3 Å². The summed E-state index contributed by atoms with van der Waals surface area (Å²) in [6.07, 6.45) is 0.527. The molecule has 2 aromatic heterocycles. The Morgan fingerprint density at radius 1 is 1.17 bits per heavy atom. The predicted octanol–water partition coefficient (Wildman–Crippen LogP) is 2.31. The molecule has 5 N–H and O–H groups in total. The van der Waals surface area contributed by atoms with Crippen LogP contribution in [0.25, 0.3) is 10.6 Å². The molecule has 3 aromatic rings. The minimum absolute atomic E-state index is 0.0585. The Hall–Kier alpha value is -3.30. The van der Waals surface area contributed by atoms with Crippen LogP contribution in [0.2, 0.25) is 0 Å². The number of nitrogens with zero attached hydrogens (tertiary/aromatic N) is 1. The lowest BCUT2D eigenvalue weighted by Crippen LogP contribution is -2.33. The van der Waals surface area contributed by atoms with Gasteiger partial charge in [0.1, 0.15) is 11.6 Å². The van der Waals surface area contributed by atoms with Gasteiger partial charge in [-0.3, -0.25) is 9.59 Å². The van der Waals surface area contributed by atoms with Crippen molar-refractivity contribution in [1.29, 1.82) is 0 Å². The van der Waals surface area contributed by atoms with Crippen molar-refractivity contribution in [2.45, 2.75) is 13.0 Å². The number of pyridine rings is 1. The maximum absolute atomic E-state index is 13.4. The van der Waals surface area contributed by atoms with Crippen LogP contribution in [0.15, 0.2) is 48.5 Å². The standard InChI is InChI=1S/C21H21FN4O3S/c22-14-3-1-2-13(10-14)8-9-24-20-16(21(29)25-11-19(23)28)5-6-17(26-20)18-7-4-15(12-27)30-18/h1-7,10,27H,8-9,11-12H2,(H2,23,28)(H,24,26)(H,25,29). The second-order valence-electron chi connectivity index (χ2n) is 6.47. The smallest absolute Gasteiger partial charge is 0.255 e. The van der Waals surface area contributed by atoms with Gasteiger partial charge in [-0.25, -0.2) is 9.37 Å². The molecular weight excluding hydrogens is 407 g/mol. The summed E-state index contributed by atoms with van der Waals surface area (Å²) in [4.78, 5) is 29.6. The van der Waals surface area contributed by atoms with Gasteiger partial charge in [-0.05, 0) is 48.4 Å². The molecule has 0 radical (unpaired) electrons. The lowest BCUT2D eigenvalue weighted by atomic mass is 10.1. The quantitative estimate of drug-likeness (QED) is 0.417. The molecule has 2 amide bonds. The normalized spacial score (nSPS) is 10.6. The second kappa shape index (κ2) is 9.95. The van der Waals surface area contributed by atoms with Gasteiger partial charge in [0.05, 0.1) is 29.3 Å². The summed E-state index contributed by atoms with van der Waals surface area (Å²) >= 11 is 1.40. The molecule has 0 aliphatic rings. The zero-order chi connectivity index (χ0) is 21.5. The van der Waals surface area contributed by atoms with Crippen molar-refractivity contribution in [3.05, 3.63) is 70.4 Å². The van der Waals surface area contributed by atoms with Crippen LogP contribution in [0.1, 0.15) is 20.8 Å². The summed E-state index contributed by atoms with van der Waals surface area (Å²) in [5, 5.41) is 14.9. The molecule has 0 fully saturated rings. The summed E-state index contributed by atoms with van der Waals surface area (Å²) in [6.45, 7) is 0.0768. The molecule has 0 atom stereocenters. The Balaban J connectivity index is 1.82. The van der Waals surface area contributed by atoms with Gasteiger partial charge in [0.25, 0.3) is 5.91 Å². The van der Waals surface area contributed by atoms with E-state index in [9.17, 15) is 19.1 Å². The van der Waals surface area contributed by atoms with Crippen LogP contribution in [-0.2, 0) is 17.8 Å². The fourth-order valence-corrected chi connectivity index (χ4v) is 3.63. The minimum atomic E-state index is -0.649. The fourth-order valence-electron chi connectivity index (χ4n) is 2.80. The van der Waals surface area contributed by atoms with Gasteiger partial charge in [-0.2, -0.15) is 0 Å². The van der Waals surface area contributed by atoms with E-state index >= 15 is 0 Å². The van der Waals surface area contributed by atoms with Crippen molar-refractivity contribution in [2.24, 2.45) is 5.73 Å². The Labute approximate surface area is 176 Å². The number of aromatic nitrogens is 1. The van der Waals surface area contributed by atoms with E-state index in [4.69, 9.17) is 5.73 Å². The van der Waals surface area contributed by atoms with Crippen LogP contribution in [0.4, 0.5) is 10.2 Å². The summed E-state index contributed by atoms with van der Waals surface area (Å²) in [6, 6.07) is 13.3. The zero-order valence-corrected chi connectivity index (χ0v) is 16.8. The van der Waals surface area contributed by atoms with Crippen molar-refractivity contribution in [3.8, 4) is 10.6 Å². The van der Waals surface area contributed by atoms with Crippen LogP contribution in [-0.4, -0.2) is 35.0 Å². The van der Waals surface area contributed by atoms with E-state index in [2.05, 4.69) is 15.6 Å². The number of primary amides is 1. The summed E-state index contributed by atoms with van der Waals surface area (Å²) in [5.41, 5.74) is 6.80. The molecule has 0 bridgehead atoms.